The Morgan fingerprint density at radius 3 is 2.30 bits per heavy atom. The van der Waals surface area contributed by atoms with Gasteiger partial charge in [0.1, 0.15) is 4.90 Å². The Hall–Kier alpha value is -0.284. The van der Waals surface area contributed by atoms with Crippen LogP contribution in [0.3, 0.4) is 0 Å². The van der Waals surface area contributed by atoms with Gasteiger partial charge in [0.2, 0.25) is 0 Å². The third-order valence-electron chi connectivity index (χ3n) is 2.81. The average molecular weight is 319 g/mol. The van der Waals surface area contributed by atoms with Crippen LogP contribution in [-0.2, 0) is 26.1 Å². The molecule has 0 amide bonds. The quantitative estimate of drug-likeness (QED) is 0.526. The SMILES string of the molecule is COC(=O)Cc1ccc(S(=O)(=O)O)c2ccccc12.[K]. The molecule has 0 fully saturated rings. The van der Waals surface area contributed by atoms with Gasteiger partial charge in [0, 0.05) is 56.8 Å². The van der Waals surface area contributed by atoms with Crippen molar-refractivity contribution in [2.24, 2.45) is 0 Å². The van der Waals surface area contributed by atoms with Crippen molar-refractivity contribution in [3.63, 3.8) is 0 Å². The molecular weight excluding hydrogens is 307 g/mol. The molecular formula is C13H12KO5S. The maximum atomic E-state index is 11.3. The summed E-state index contributed by atoms with van der Waals surface area (Å²) in [5, 5.41) is 0.981. The maximum absolute atomic E-state index is 11.3. The number of esters is 1. The minimum atomic E-state index is -4.30. The topological polar surface area (TPSA) is 80.7 Å². The van der Waals surface area contributed by atoms with Crippen LogP contribution in [0.2, 0.25) is 0 Å². The van der Waals surface area contributed by atoms with E-state index in [0.29, 0.717) is 16.3 Å². The van der Waals surface area contributed by atoms with Gasteiger partial charge in [0.05, 0.1) is 13.5 Å². The summed E-state index contributed by atoms with van der Waals surface area (Å²) in [5.74, 6) is -0.412. The van der Waals surface area contributed by atoms with Crippen molar-refractivity contribution in [1.29, 1.82) is 0 Å². The summed E-state index contributed by atoms with van der Waals surface area (Å²) in [6.45, 7) is 0. The van der Waals surface area contributed by atoms with Crippen LogP contribution in [0.4, 0.5) is 0 Å². The number of ether oxygens (including phenoxy) is 1. The van der Waals surface area contributed by atoms with Crippen molar-refractivity contribution in [3.8, 4) is 0 Å². The van der Waals surface area contributed by atoms with Gasteiger partial charge in [0.25, 0.3) is 10.1 Å². The van der Waals surface area contributed by atoms with E-state index >= 15 is 0 Å². The number of methoxy groups -OCH3 is 1. The summed E-state index contributed by atoms with van der Waals surface area (Å²) in [6.07, 6.45) is 0.0444. The fourth-order valence-electron chi connectivity index (χ4n) is 1.94. The molecule has 20 heavy (non-hydrogen) atoms. The van der Waals surface area contributed by atoms with E-state index in [1.54, 1.807) is 24.3 Å². The molecule has 0 aromatic heterocycles. The molecule has 5 nitrogen and oxygen atoms in total. The summed E-state index contributed by atoms with van der Waals surface area (Å²) < 4.78 is 36.4. The number of carbonyl (C=O) groups is 1. The number of hydrogen-bond acceptors (Lipinski definition) is 4. The second kappa shape index (κ2) is 7.12. The van der Waals surface area contributed by atoms with E-state index in [9.17, 15) is 17.8 Å². The Morgan fingerprint density at radius 2 is 1.75 bits per heavy atom. The third-order valence-corrected chi connectivity index (χ3v) is 3.73. The molecule has 0 unspecified atom stereocenters. The minimum absolute atomic E-state index is 0. The Balaban J connectivity index is 0.00000200. The molecule has 2 aromatic rings. The Bertz CT molecular complexity index is 740. The zero-order valence-corrected chi connectivity index (χ0v) is 15.1. The average Bonchev–Trinajstić information content (AvgIpc) is 2.37. The van der Waals surface area contributed by atoms with E-state index < -0.39 is 16.1 Å². The van der Waals surface area contributed by atoms with Gasteiger partial charge in [-0.3, -0.25) is 9.35 Å². The molecule has 0 atom stereocenters. The van der Waals surface area contributed by atoms with Gasteiger partial charge in [-0.2, -0.15) is 8.42 Å². The van der Waals surface area contributed by atoms with E-state index in [4.69, 9.17) is 0 Å². The van der Waals surface area contributed by atoms with Gasteiger partial charge in [-0.25, -0.2) is 0 Å². The van der Waals surface area contributed by atoms with Gasteiger partial charge < -0.3 is 4.74 Å². The van der Waals surface area contributed by atoms with Crippen molar-refractivity contribution in [2.75, 3.05) is 7.11 Å². The van der Waals surface area contributed by atoms with Crippen LogP contribution < -0.4 is 0 Å². The number of benzene rings is 2. The van der Waals surface area contributed by atoms with Crippen LogP contribution in [0.5, 0.6) is 0 Å². The molecule has 2 aromatic carbocycles. The molecule has 0 bridgehead atoms. The minimum Gasteiger partial charge on any atom is -0.469 e. The standard InChI is InChI=1S/C13H12O5S.K/c1-18-13(14)8-9-6-7-12(19(15,16)17)11-5-3-2-4-10(9)11;/h2-7H,8H2,1H3,(H,15,16,17);. The van der Waals surface area contributed by atoms with Gasteiger partial charge in [-0.15, -0.1) is 0 Å². The zero-order valence-electron chi connectivity index (χ0n) is 11.2. The van der Waals surface area contributed by atoms with E-state index in [0.717, 1.165) is 0 Å². The van der Waals surface area contributed by atoms with Crippen LogP contribution in [0.1, 0.15) is 5.56 Å². The summed E-state index contributed by atoms with van der Waals surface area (Å²) in [7, 11) is -3.01. The maximum Gasteiger partial charge on any atom is 0.309 e. The molecule has 101 valence electrons. The van der Waals surface area contributed by atoms with Crippen molar-refractivity contribution in [3.05, 3.63) is 42.0 Å². The zero-order chi connectivity index (χ0) is 14.0. The van der Waals surface area contributed by atoms with Crippen molar-refractivity contribution in [1.82, 2.24) is 0 Å². The molecule has 0 spiro atoms. The van der Waals surface area contributed by atoms with Gasteiger partial charge in [0.15, 0.2) is 0 Å². The summed E-state index contributed by atoms with van der Waals surface area (Å²) in [6, 6.07) is 9.47. The molecule has 0 heterocycles. The Labute approximate surface area is 159 Å². The molecule has 2 rings (SSSR count). The van der Waals surface area contributed by atoms with Crippen LogP contribution in [-0.4, -0.2) is 77.4 Å². The van der Waals surface area contributed by atoms with E-state index in [-0.39, 0.29) is 62.7 Å². The Kier molecular flexibility index (Phi) is 6.33. The van der Waals surface area contributed by atoms with Crippen LogP contribution in [0.25, 0.3) is 10.8 Å². The number of carbonyl (C=O) groups excluding carboxylic acids is 1. The molecule has 0 saturated carbocycles. The van der Waals surface area contributed by atoms with Crippen molar-refractivity contribution in [2.45, 2.75) is 11.3 Å². The third kappa shape index (κ3) is 3.88. The molecule has 7 heteroatoms. The molecule has 1 N–H and O–H groups in total. The van der Waals surface area contributed by atoms with Gasteiger partial charge in [-0.05, 0) is 17.0 Å². The first kappa shape index (κ1) is 17.8. The number of fused-ring (bicyclic) bond motifs is 1. The number of hydrogen-bond donors (Lipinski definition) is 1. The fraction of sp³-hybridized carbons (Fsp3) is 0.154. The van der Waals surface area contributed by atoms with Crippen LogP contribution >= 0.6 is 0 Å². The largest absolute Gasteiger partial charge is 0.469 e. The number of rotatable bonds is 3. The fourth-order valence-corrected chi connectivity index (χ4v) is 2.64. The van der Waals surface area contributed by atoms with Gasteiger partial charge in [-0.1, -0.05) is 30.3 Å². The van der Waals surface area contributed by atoms with E-state index in [1.165, 1.54) is 19.2 Å². The second-order valence-electron chi connectivity index (χ2n) is 4.00. The summed E-state index contributed by atoms with van der Waals surface area (Å²) in [5.41, 5.74) is 0.648. The molecule has 1 radical (unpaired) electrons. The molecule has 0 saturated heterocycles. The van der Waals surface area contributed by atoms with E-state index in [2.05, 4.69) is 4.74 Å². The monoisotopic (exact) mass is 319 g/mol. The van der Waals surface area contributed by atoms with Crippen LogP contribution in [0.15, 0.2) is 41.3 Å². The normalized spacial score (nSPS) is 10.9. The predicted molar refractivity (Wildman–Crippen MR) is 75.2 cm³/mol. The predicted octanol–water partition coefficient (Wildman–Crippen LogP) is 1.42. The van der Waals surface area contributed by atoms with Crippen LogP contribution in [0, 0.1) is 0 Å². The molecule has 0 aliphatic heterocycles. The van der Waals surface area contributed by atoms with Crippen molar-refractivity contribution >= 4 is 78.2 Å². The molecule has 0 aliphatic carbocycles. The van der Waals surface area contributed by atoms with Gasteiger partial charge >= 0.3 is 5.97 Å². The summed E-state index contributed by atoms with van der Waals surface area (Å²) in [4.78, 5) is 11.1. The Morgan fingerprint density at radius 1 is 1.15 bits per heavy atom. The van der Waals surface area contributed by atoms with Crippen molar-refractivity contribution < 1.29 is 22.5 Å². The first-order valence-electron chi connectivity index (χ1n) is 5.48. The first-order valence-corrected chi connectivity index (χ1v) is 6.92. The first-order chi connectivity index (χ1) is 8.93. The van der Waals surface area contributed by atoms with E-state index in [1.807, 2.05) is 0 Å². The molecule has 0 aliphatic rings. The smallest absolute Gasteiger partial charge is 0.309 e. The summed E-state index contributed by atoms with van der Waals surface area (Å²) >= 11 is 0. The second-order valence-corrected chi connectivity index (χ2v) is 5.39.